The Labute approximate surface area is 122 Å². The van der Waals surface area contributed by atoms with E-state index in [0.29, 0.717) is 24.6 Å². The zero-order valence-electron chi connectivity index (χ0n) is 11.8. The fourth-order valence-corrected chi connectivity index (χ4v) is 1.86. The Kier molecular flexibility index (Phi) is 5.14. The minimum atomic E-state index is -0.418. The van der Waals surface area contributed by atoms with Crippen LogP contribution < -0.4 is 10.1 Å². The van der Waals surface area contributed by atoms with Gasteiger partial charge in [0.1, 0.15) is 5.75 Å². The number of aromatic amines is 1. The Hall–Kier alpha value is -2.57. The summed E-state index contributed by atoms with van der Waals surface area (Å²) in [6.07, 6.45) is 4.99. The second kappa shape index (κ2) is 7.28. The summed E-state index contributed by atoms with van der Waals surface area (Å²) in [6.45, 7) is 3.17. The number of hydrogen-bond acceptors (Lipinski definition) is 5. The number of anilines is 1. The van der Waals surface area contributed by atoms with Crippen molar-refractivity contribution in [1.82, 2.24) is 9.97 Å². The number of nitro groups is 1. The number of non-ortho nitro benzene ring substituents is 1. The van der Waals surface area contributed by atoms with Crippen LogP contribution in [0.1, 0.15) is 19.0 Å². The summed E-state index contributed by atoms with van der Waals surface area (Å²) < 4.78 is 5.48. The summed E-state index contributed by atoms with van der Waals surface area (Å²) in [7, 11) is 0. The lowest BCUT2D eigenvalue weighted by Gasteiger charge is -2.09. The Morgan fingerprint density at radius 3 is 2.95 bits per heavy atom. The van der Waals surface area contributed by atoms with E-state index in [4.69, 9.17) is 4.74 Å². The van der Waals surface area contributed by atoms with Gasteiger partial charge >= 0.3 is 0 Å². The molecule has 0 amide bonds. The largest absolute Gasteiger partial charge is 0.493 e. The lowest BCUT2D eigenvalue weighted by Crippen LogP contribution is -2.06. The minimum absolute atomic E-state index is 0.0210. The van der Waals surface area contributed by atoms with Crippen molar-refractivity contribution >= 4 is 11.4 Å². The molecule has 0 saturated carbocycles. The average molecular weight is 290 g/mol. The smallest absolute Gasteiger partial charge is 0.275 e. The van der Waals surface area contributed by atoms with Crippen molar-refractivity contribution in [1.29, 1.82) is 0 Å². The highest BCUT2D eigenvalue weighted by Gasteiger charge is 2.10. The Morgan fingerprint density at radius 1 is 1.43 bits per heavy atom. The quantitative estimate of drug-likeness (QED) is 0.576. The first-order valence-electron chi connectivity index (χ1n) is 6.82. The molecular weight excluding hydrogens is 272 g/mol. The first-order valence-corrected chi connectivity index (χ1v) is 6.82. The highest BCUT2D eigenvalue weighted by molar-refractivity contribution is 5.56. The van der Waals surface area contributed by atoms with E-state index in [9.17, 15) is 10.1 Å². The van der Waals surface area contributed by atoms with Crippen LogP contribution >= 0.6 is 0 Å². The van der Waals surface area contributed by atoms with Crippen LogP contribution in [-0.4, -0.2) is 28.0 Å². The molecule has 0 atom stereocenters. The summed E-state index contributed by atoms with van der Waals surface area (Å²) in [5.74, 6) is 0.509. The number of benzene rings is 1. The fraction of sp³-hybridized carbons (Fsp3) is 0.357. The van der Waals surface area contributed by atoms with Crippen molar-refractivity contribution in [2.75, 3.05) is 18.5 Å². The molecule has 7 heteroatoms. The van der Waals surface area contributed by atoms with Crippen LogP contribution in [0.5, 0.6) is 5.75 Å². The molecule has 0 spiro atoms. The minimum Gasteiger partial charge on any atom is -0.493 e. The van der Waals surface area contributed by atoms with Crippen molar-refractivity contribution in [3.8, 4) is 5.75 Å². The van der Waals surface area contributed by atoms with E-state index in [1.807, 2.05) is 6.92 Å². The van der Waals surface area contributed by atoms with Crippen molar-refractivity contribution in [3.63, 3.8) is 0 Å². The van der Waals surface area contributed by atoms with Crippen LogP contribution in [-0.2, 0) is 6.42 Å². The molecule has 1 aromatic carbocycles. The average Bonchev–Trinajstić information content (AvgIpc) is 2.98. The first-order chi connectivity index (χ1) is 10.2. The summed E-state index contributed by atoms with van der Waals surface area (Å²) >= 11 is 0. The lowest BCUT2D eigenvalue weighted by molar-refractivity contribution is -0.384. The van der Waals surface area contributed by atoms with Crippen LogP contribution in [0, 0.1) is 10.1 Å². The van der Waals surface area contributed by atoms with Gasteiger partial charge in [0, 0.05) is 42.7 Å². The zero-order valence-corrected chi connectivity index (χ0v) is 11.8. The van der Waals surface area contributed by atoms with Crippen LogP contribution in [0.2, 0.25) is 0 Å². The number of nitrogens with one attached hydrogen (secondary N) is 2. The van der Waals surface area contributed by atoms with Crippen molar-refractivity contribution < 1.29 is 9.66 Å². The second-order valence-corrected chi connectivity index (χ2v) is 4.57. The molecule has 2 N–H and O–H groups in total. The maximum Gasteiger partial charge on any atom is 0.275 e. The molecule has 0 radical (unpaired) electrons. The molecule has 0 aliphatic heterocycles. The normalized spacial score (nSPS) is 10.3. The summed E-state index contributed by atoms with van der Waals surface area (Å²) in [5.41, 5.74) is 1.71. The summed E-state index contributed by atoms with van der Waals surface area (Å²) in [6, 6.07) is 4.72. The molecular formula is C14H18N4O3. The monoisotopic (exact) mass is 290 g/mol. The van der Waals surface area contributed by atoms with Gasteiger partial charge in [-0.3, -0.25) is 10.1 Å². The van der Waals surface area contributed by atoms with Gasteiger partial charge in [-0.15, -0.1) is 0 Å². The topological polar surface area (TPSA) is 93.1 Å². The van der Waals surface area contributed by atoms with Gasteiger partial charge < -0.3 is 15.0 Å². The predicted octanol–water partition coefficient (Wildman–Crippen LogP) is 2.76. The molecule has 1 heterocycles. The van der Waals surface area contributed by atoms with Crippen LogP contribution in [0.3, 0.4) is 0 Å². The van der Waals surface area contributed by atoms with Crippen LogP contribution in [0.4, 0.5) is 11.4 Å². The fourth-order valence-electron chi connectivity index (χ4n) is 1.86. The maximum atomic E-state index is 10.9. The third-order valence-corrected chi connectivity index (χ3v) is 2.85. The molecule has 0 aliphatic rings. The number of H-pyrrole nitrogens is 1. The molecule has 112 valence electrons. The third kappa shape index (κ3) is 4.48. The Balaban J connectivity index is 2.02. The van der Waals surface area contributed by atoms with Crippen LogP contribution in [0.15, 0.2) is 30.7 Å². The molecule has 1 aromatic heterocycles. The molecule has 0 unspecified atom stereocenters. The Bertz CT molecular complexity index is 584. The van der Waals surface area contributed by atoms with E-state index in [2.05, 4.69) is 15.3 Å². The van der Waals surface area contributed by atoms with E-state index in [-0.39, 0.29) is 5.69 Å². The van der Waals surface area contributed by atoms with E-state index in [1.165, 1.54) is 12.1 Å². The molecule has 0 bridgehead atoms. The molecule has 0 saturated heterocycles. The van der Waals surface area contributed by atoms with Crippen molar-refractivity contribution in [3.05, 3.63) is 46.5 Å². The number of aromatic nitrogens is 2. The molecule has 21 heavy (non-hydrogen) atoms. The van der Waals surface area contributed by atoms with Crippen molar-refractivity contribution in [2.24, 2.45) is 0 Å². The predicted molar refractivity (Wildman–Crippen MR) is 79.7 cm³/mol. The number of nitrogens with zero attached hydrogens (tertiary/aromatic N) is 2. The number of ether oxygens (including phenoxy) is 1. The SMILES string of the molecule is CCCOc1cc(NCCc2cnc[nH]2)cc([N+](=O)[O-])c1. The number of rotatable bonds is 8. The molecule has 2 rings (SSSR count). The highest BCUT2D eigenvalue weighted by atomic mass is 16.6. The molecule has 0 fully saturated rings. The highest BCUT2D eigenvalue weighted by Crippen LogP contribution is 2.26. The van der Waals surface area contributed by atoms with Gasteiger partial charge in [-0.25, -0.2) is 4.98 Å². The number of hydrogen-bond donors (Lipinski definition) is 2. The van der Waals surface area contributed by atoms with E-state index in [0.717, 1.165) is 18.5 Å². The third-order valence-electron chi connectivity index (χ3n) is 2.85. The summed E-state index contributed by atoms with van der Waals surface area (Å²) in [5, 5.41) is 14.1. The maximum absolute atomic E-state index is 10.9. The van der Waals surface area contributed by atoms with Gasteiger partial charge in [-0.05, 0) is 6.42 Å². The van der Waals surface area contributed by atoms with Crippen LogP contribution in [0.25, 0.3) is 0 Å². The second-order valence-electron chi connectivity index (χ2n) is 4.57. The van der Waals surface area contributed by atoms with E-state index < -0.39 is 4.92 Å². The molecule has 0 aliphatic carbocycles. The molecule has 7 nitrogen and oxygen atoms in total. The zero-order chi connectivity index (χ0) is 15.1. The van der Waals surface area contributed by atoms with Gasteiger partial charge in [-0.2, -0.15) is 0 Å². The first kappa shape index (κ1) is 14.8. The van der Waals surface area contributed by atoms with Gasteiger partial charge in [0.25, 0.3) is 5.69 Å². The number of imidazole rings is 1. The number of nitro benzene ring substituents is 1. The summed E-state index contributed by atoms with van der Waals surface area (Å²) in [4.78, 5) is 17.5. The molecule has 2 aromatic rings. The Morgan fingerprint density at radius 2 is 2.29 bits per heavy atom. The standard InChI is InChI=1S/C14H18N4O3/c1-2-5-21-14-7-12(6-13(8-14)18(19)20)16-4-3-11-9-15-10-17-11/h6-10,16H,2-5H2,1H3,(H,15,17). The van der Waals surface area contributed by atoms with E-state index >= 15 is 0 Å². The van der Waals surface area contributed by atoms with Gasteiger partial charge in [0.15, 0.2) is 0 Å². The van der Waals surface area contributed by atoms with Crippen molar-refractivity contribution in [2.45, 2.75) is 19.8 Å². The van der Waals surface area contributed by atoms with Gasteiger partial charge in [0.2, 0.25) is 0 Å². The lowest BCUT2D eigenvalue weighted by atomic mass is 10.2. The van der Waals surface area contributed by atoms with Gasteiger partial charge in [-0.1, -0.05) is 6.92 Å². The van der Waals surface area contributed by atoms with E-state index in [1.54, 1.807) is 18.6 Å². The van der Waals surface area contributed by atoms with Gasteiger partial charge in [0.05, 0.1) is 23.9 Å².